The van der Waals surface area contributed by atoms with Crippen LogP contribution in [-0.2, 0) is 6.54 Å². The molecular weight excluding hydrogens is 274 g/mol. The maximum atomic E-state index is 5.40. The molecule has 0 aliphatic heterocycles. The van der Waals surface area contributed by atoms with Crippen LogP contribution in [0.2, 0.25) is 0 Å². The number of ether oxygens (including phenoxy) is 1. The lowest BCUT2D eigenvalue weighted by molar-refractivity contribution is 0.411. The van der Waals surface area contributed by atoms with Crippen molar-refractivity contribution < 1.29 is 9.26 Å². The van der Waals surface area contributed by atoms with Crippen molar-refractivity contribution in [3.63, 3.8) is 0 Å². The van der Waals surface area contributed by atoms with Gasteiger partial charge in [-0.2, -0.15) is 4.98 Å². The highest BCUT2D eigenvalue weighted by Crippen LogP contribution is 2.29. The zero-order valence-electron chi connectivity index (χ0n) is 8.61. The average molecular weight is 284 g/mol. The highest BCUT2D eigenvalue weighted by molar-refractivity contribution is 9.10. The van der Waals surface area contributed by atoms with E-state index in [0.717, 1.165) is 15.8 Å². The van der Waals surface area contributed by atoms with E-state index in [1.807, 2.05) is 18.2 Å². The summed E-state index contributed by atoms with van der Waals surface area (Å²) in [7, 11) is 1.61. The van der Waals surface area contributed by atoms with Crippen LogP contribution in [0.15, 0.2) is 27.2 Å². The summed E-state index contributed by atoms with van der Waals surface area (Å²) in [6.45, 7) is 0.265. The van der Waals surface area contributed by atoms with Gasteiger partial charge in [0, 0.05) is 5.56 Å². The minimum Gasteiger partial charge on any atom is -0.496 e. The predicted octanol–water partition coefficient (Wildman–Crippen LogP) is 1.97. The van der Waals surface area contributed by atoms with Gasteiger partial charge in [0.05, 0.1) is 18.1 Å². The van der Waals surface area contributed by atoms with Crippen LogP contribution < -0.4 is 10.5 Å². The van der Waals surface area contributed by atoms with Gasteiger partial charge in [0.2, 0.25) is 0 Å². The monoisotopic (exact) mass is 283 g/mol. The van der Waals surface area contributed by atoms with E-state index < -0.39 is 0 Å². The molecule has 2 rings (SSSR count). The van der Waals surface area contributed by atoms with Gasteiger partial charge in [-0.1, -0.05) is 5.16 Å². The van der Waals surface area contributed by atoms with Crippen molar-refractivity contribution >= 4 is 15.9 Å². The third-order valence-electron chi connectivity index (χ3n) is 2.05. The Balaban J connectivity index is 2.37. The molecule has 2 aromatic rings. The normalized spacial score (nSPS) is 10.4. The summed E-state index contributed by atoms with van der Waals surface area (Å²) in [4.78, 5) is 4.13. The van der Waals surface area contributed by atoms with Gasteiger partial charge in [0.15, 0.2) is 5.82 Å². The standard InChI is InChI=1S/C10H10BrN3O2/c1-15-8-3-2-6(4-7(8)11)10-13-9(5-12)14-16-10/h2-4H,5,12H2,1H3. The molecule has 0 fully saturated rings. The SMILES string of the molecule is COc1ccc(-c2nc(CN)no2)cc1Br. The van der Waals surface area contributed by atoms with Crippen LogP contribution in [0.5, 0.6) is 5.75 Å². The number of halogens is 1. The molecule has 0 aliphatic carbocycles. The number of aromatic nitrogens is 2. The Morgan fingerprint density at radius 3 is 2.88 bits per heavy atom. The maximum Gasteiger partial charge on any atom is 0.258 e. The van der Waals surface area contributed by atoms with E-state index in [1.54, 1.807) is 7.11 Å². The van der Waals surface area contributed by atoms with Gasteiger partial charge in [0.25, 0.3) is 5.89 Å². The van der Waals surface area contributed by atoms with Gasteiger partial charge in [-0.25, -0.2) is 0 Å². The first-order valence-corrected chi connectivity index (χ1v) is 5.40. The van der Waals surface area contributed by atoms with E-state index in [2.05, 4.69) is 26.1 Å². The highest BCUT2D eigenvalue weighted by Gasteiger charge is 2.09. The third kappa shape index (κ3) is 2.07. The first-order valence-electron chi connectivity index (χ1n) is 4.61. The molecule has 0 amide bonds. The van der Waals surface area contributed by atoms with Crippen molar-refractivity contribution in [3.8, 4) is 17.2 Å². The van der Waals surface area contributed by atoms with E-state index in [1.165, 1.54) is 0 Å². The minimum absolute atomic E-state index is 0.265. The fourth-order valence-electron chi connectivity index (χ4n) is 1.25. The van der Waals surface area contributed by atoms with E-state index in [9.17, 15) is 0 Å². The lowest BCUT2D eigenvalue weighted by Gasteiger charge is -2.03. The van der Waals surface area contributed by atoms with E-state index in [4.69, 9.17) is 15.0 Å². The smallest absolute Gasteiger partial charge is 0.258 e. The third-order valence-corrected chi connectivity index (χ3v) is 2.67. The number of nitrogens with two attached hydrogens (primary N) is 1. The van der Waals surface area contributed by atoms with Crippen LogP contribution in [0.1, 0.15) is 5.82 Å². The summed E-state index contributed by atoms with van der Waals surface area (Å²) in [6.07, 6.45) is 0. The zero-order chi connectivity index (χ0) is 11.5. The summed E-state index contributed by atoms with van der Waals surface area (Å²) in [5, 5.41) is 3.73. The van der Waals surface area contributed by atoms with Gasteiger partial charge in [0.1, 0.15) is 5.75 Å². The first-order chi connectivity index (χ1) is 7.74. The molecule has 0 radical (unpaired) electrons. The Morgan fingerprint density at radius 2 is 2.31 bits per heavy atom. The number of hydrogen-bond donors (Lipinski definition) is 1. The summed E-state index contributed by atoms with van der Waals surface area (Å²) in [6, 6.07) is 5.52. The van der Waals surface area contributed by atoms with Crippen molar-refractivity contribution in [2.45, 2.75) is 6.54 Å². The van der Waals surface area contributed by atoms with Crippen molar-refractivity contribution in [2.75, 3.05) is 7.11 Å². The largest absolute Gasteiger partial charge is 0.496 e. The van der Waals surface area contributed by atoms with Gasteiger partial charge in [-0.15, -0.1) is 0 Å². The molecule has 0 aliphatic rings. The summed E-state index contributed by atoms with van der Waals surface area (Å²) in [5.74, 6) is 1.69. The number of rotatable bonds is 3. The minimum atomic E-state index is 0.265. The van der Waals surface area contributed by atoms with Crippen molar-refractivity contribution in [3.05, 3.63) is 28.5 Å². The van der Waals surface area contributed by atoms with Crippen molar-refractivity contribution in [2.24, 2.45) is 5.73 Å². The molecule has 1 aromatic carbocycles. The molecular formula is C10H10BrN3O2. The number of methoxy groups -OCH3 is 1. The van der Waals surface area contributed by atoms with Gasteiger partial charge < -0.3 is 15.0 Å². The van der Waals surface area contributed by atoms with Gasteiger partial charge in [-0.05, 0) is 34.1 Å². The Hall–Kier alpha value is -1.40. The van der Waals surface area contributed by atoms with E-state index in [-0.39, 0.29) is 6.54 Å². The lowest BCUT2D eigenvalue weighted by Crippen LogP contribution is -1.97. The predicted molar refractivity (Wildman–Crippen MR) is 61.9 cm³/mol. The maximum absolute atomic E-state index is 5.40. The van der Waals surface area contributed by atoms with Crippen LogP contribution in [0.3, 0.4) is 0 Å². The summed E-state index contributed by atoms with van der Waals surface area (Å²) in [5.41, 5.74) is 6.22. The quantitative estimate of drug-likeness (QED) is 0.932. The van der Waals surface area contributed by atoms with Gasteiger partial charge >= 0.3 is 0 Å². The number of hydrogen-bond acceptors (Lipinski definition) is 5. The van der Waals surface area contributed by atoms with E-state index >= 15 is 0 Å². The Labute approximate surface area is 101 Å². The molecule has 2 N–H and O–H groups in total. The lowest BCUT2D eigenvalue weighted by atomic mass is 10.2. The van der Waals surface area contributed by atoms with Crippen molar-refractivity contribution in [1.82, 2.24) is 10.1 Å². The molecule has 84 valence electrons. The fourth-order valence-corrected chi connectivity index (χ4v) is 1.79. The zero-order valence-corrected chi connectivity index (χ0v) is 10.2. The second kappa shape index (κ2) is 4.63. The number of benzene rings is 1. The van der Waals surface area contributed by atoms with Crippen LogP contribution in [0, 0.1) is 0 Å². The molecule has 0 spiro atoms. The van der Waals surface area contributed by atoms with E-state index in [0.29, 0.717) is 11.7 Å². The molecule has 6 heteroatoms. The molecule has 0 saturated carbocycles. The van der Waals surface area contributed by atoms with Crippen LogP contribution in [0.25, 0.3) is 11.5 Å². The molecule has 0 unspecified atom stereocenters. The van der Waals surface area contributed by atoms with Gasteiger partial charge in [-0.3, -0.25) is 0 Å². The molecule has 5 nitrogen and oxygen atoms in total. The Morgan fingerprint density at radius 1 is 1.50 bits per heavy atom. The second-order valence-electron chi connectivity index (χ2n) is 3.07. The molecule has 1 aromatic heterocycles. The fraction of sp³-hybridized carbons (Fsp3) is 0.200. The van der Waals surface area contributed by atoms with Crippen LogP contribution >= 0.6 is 15.9 Å². The summed E-state index contributed by atoms with van der Waals surface area (Å²) < 4.78 is 11.0. The van der Waals surface area contributed by atoms with Crippen LogP contribution in [-0.4, -0.2) is 17.3 Å². The van der Waals surface area contributed by atoms with Crippen LogP contribution in [0.4, 0.5) is 0 Å². The second-order valence-corrected chi connectivity index (χ2v) is 3.92. The Bertz CT molecular complexity index is 499. The summed E-state index contributed by atoms with van der Waals surface area (Å²) >= 11 is 3.39. The molecule has 0 saturated heterocycles. The molecule has 0 atom stereocenters. The topological polar surface area (TPSA) is 74.2 Å². The number of nitrogens with zero attached hydrogens (tertiary/aromatic N) is 2. The molecule has 1 heterocycles. The highest BCUT2D eigenvalue weighted by atomic mass is 79.9. The Kier molecular flexibility index (Phi) is 3.21. The first kappa shape index (κ1) is 11.1. The average Bonchev–Trinajstić information content (AvgIpc) is 2.77. The molecule has 0 bridgehead atoms. The van der Waals surface area contributed by atoms with Crippen molar-refractivity contribution in [1.29, 1.82) is 0 Å². The molecule has 16 heavy (non-hydrogen) atoms.